The number of aryl methyl sites for hydroxylation is 3. The molecule has 0 saturated carbocycles. The molecule has 2 aromatic rings. The molecule has 0 aromatic heterocycles. The monoisotopic (exact) mass is 440 g/mol. The highest BCUT2D eigenvalue weighted by Gasteiger charge is 2.33. The van der Waals surface area contributed by atoms with Gasteiger partial charge < -0.3 is 5.32 Å². The average molecular weight is 441 g/mol. The Morgan fingerprint density at radius 1 is 1.03 bits per heavy atom. The fourth-order valence-electron chi connectivity index (χ4n) is 4.67. The van der Waals surface area contributed by atoms with E-state index in [1.807, 2.05) is 13.8 Å². The fourth-order valence-corrected chi connectivity index (χ4v) is 6.20. The van der Waals surface area contributed by atoms with Gasteiger partial charge >= 0.3 is 0 Å². The zero-order valence-corrected chi connectivity index (χ0v) is 19.2. The van der Waals surface area contributed by atoms with Gasteiger partial charge in [-0.05, 0) is 81.2 Å². The Bertz CT molecular complexity index is 1050. The lowest BCUT2D eigenvalue weighted by atomic mass is 9.89. The summed E-state index contributed by atoms with van der Waals surface area (Å²) in [6.45, 7) is 4.63. The van der Waals surface area contributed by atoms with Crippen molar-refractivity contribution in [1.29, 1.82) is 0 Å². The summed E-state index contributed by atoms with van der Waals surface area (Å²) in [7, 11) is -3.58. The first-order valence-corrected chi connectivity index (χ1v) is 12.8. The maximum Gasteiger partial charge on any atom is 0.243 e. The number of piperidine rings is 1. The number of sulfonamides is 1. The van der Waals surface area contributed by atoms with Crippen molar-refractivity contribution in [3.63, 3.8) is 0 Å². The van der Waals surface area contributed by atoms with Gasteiger partial charge in [-0.15, -0.1) is 0 Å². The third kappa shape index (κ3) is 4.85. The van der Waals surface area contributed by atoms with Crippen molar-refractivity contribution in [2.24, 2.45) is 5.92 Å². The number of carbonyl (C=O) groups is 1. The van der Waals surface area contributed by atoms with Gasteiger partial charge in [0.2, 0.25) is 15.9 Å². The smallest absolute Gasteiger partial charge is 0.243 e. The molecule has 1 heterocycles. The fraction of sp³-hybridized carbons (Fsp3) is 0.480. The van der Waals surface area contributed by atoms with Crippen LogP contribution in [0, 0.1) is 12.8 Å². The normalized spacial score (nSPS) is 20.6. The standard InChI is InChI=1S/C25H32N2O3S/c1-18-9-13-24(14-10-18)31(29,30)27-15-5-8-23(17-27)25(28)26-19(2)21-12-11-20-6-3-4-7-22(20)16-21/h9-14,16,19,23H,3-8,15,17H2,1-2H3,(H,26,28)/t19-,23-/m0/s1. The number of rotatable bonds is 5. The van der Waals surface area contributed by atoms with Gasteiger partial charge in [-0.3, -0.25) is 4.79 Å². The molecule has 5 nitrogen and oxygen atoms in total. The minimum Gasteiger partial charge on any atom is -0.349 e. The predicted octanol–water partition coefficient (Wildman–Crippen LogP) is 4.15. The van der Waals surface area contributed by atoms with Crippen LogP contribution < -0.4 is 5.32 Å². The number of nitrogens with zero attached hydrogens (tertiary/aromatic N) is 1. The van der Waals surface area contributed by atoms with Gasteiger partial charge in [0.25, 0.3) is 0 Å². The first kappa shape index (κ1) is 22.0. The summed E-state index contributed by atoms with van der Waals surface area (Å²) < 4.78 is 27.5. The Morgan fingerprint density at radius 3 is 2.48 bits per heavy atom. The number of carbonyl (C=O) groups excluding carboxylic acids is 1. The molecule has 4 rings (SSSR count). The molecule has 1 saturated heterocycles. The van der Waals surface area contributed by atoms with Crippen LogP contribution in [0.4, 0.5) is 0 Å². The summed E-state index contributed by atoms with van der Waals surface area (Å²) in [6, 6.07) is 13.4. The first-order chi connectivity index (χ1) is 14.8. The Balaban J connectivity index is 1.42. The van der Waals surface area contributed by atoms with Gasteiger partial charge in [0.15, 0.2) is 0 Å². The van der Waals surface area contributed by atoms with Gasteiger partial charge in [0, 0.05) is 13.1 Å². The average Bonchev–Trinajstić information content (AvgIpc) is 2.79. The third-order valence-electron chi connectivity index (χ3n) is 6.64. The molecular weight excluding hydrogens is 408 g/mol. The van der Waals surface area contributed by atoms with E-state index < -0.39 is 10.0 Å². The van der Waals surface area contributed by atoms with E-state index in [9.17, 15) is 13.2 Å². The first-order valence-electron chi connectivity index (χ1n) is 11.3. The van der Waals surface area contributed by atoms with E-state index in [4.69, 9.17) is 0 Å². The Labute approximate surface area is 185 Å². The lowest BCUT2D eigenvalue weighted by molar-refractivity contribution is -0.126. The SMILES string of the molecule is Cc1ccc(S(=O)(=O)N2CCC[C@H](C(=O)N[C@@H](C)c3ccc4c(c3)CCCC4)C2)cc1. The van der Waals surface area contributed by atoms with Crippen molar-refractivity contribution >= 4 is 15.9 Å². The quantitative estimate of drug-likeness (QED) is 0.759. The largest absolute Gasteiger partial charge is 0.349 e. The summed E-state index contributed by atoms with van der Waals surface area (Å²) in [5.41, 5.74) is 4.97. The topological polar surface area (TPSA) is 66.5 Å². The zero-order valence-electron chi connectivity index (χ0n) is 18.4. The molecule has 6 heteroatoms. The number of amides is 1. The van der Waals surface area contributed by atoms with E-state index in [1.54, 1.807) is 24.3 Å². The minimum absolute atomic E-state index is 0.0611. The summed E-state index contributed by atoms with van der Waals surface area (Å²) in [4.78, 5) is 13.3. The molecule has 2 aromatic carbocycles. The van der Waals surface area contributed by atoms with Crippen LogP contribution >= 0.6 is 0 Å². The van der Waals surface area contributed by atoms with Crippen LogP contribution in [0.15, 0.2) is 47.4 Å². The number of hydrogen-bond donors (Lipinski definition) is 1. The van der Waals surface area contributed by atoms with Crippen LogP contribution in [0.25, 0.3) is 0 Å². The van der Waals surface area contributed by atoms with Crippen molar-refractivity contribution in [1.82, 2.24) is 9.62 Å². The van der Waals surface area contributed by atoms with Crippen LogP contribution in [0.5, 0.6) is 0 Å². The molecule has 1 aliphatic heterocycles. The highest BCUT2D eigenvalue weighted by atomic mass is 32.2. The van der Waals surface area contributed by atoms with Gasteiger partial charge in [-0.1, -0.05) is 35.9 Å². The second-order valence-corrected chi connectivity index (χ2v) is 10.9. The van der Waals surface area contributed by atoms with E-state index >= 15 is 0 Å². The summed E-state index contributed by atoms with van der Waals surface area (Å²) in [6.07, 6.45) is 6.13. The van der Waals surface area contributed by atoms with E-state index in [0.717, 1.165) is 24.0 Å². The Kier molecular flexibility index (Phi) is 6.49. The molecule has 0 unspecified atom stereocenters. The number of fused-ring (bicyclic) bond motifs is 1. The highest BCUT2D eigenvalue weighted by Crippen LogP contribution is 2.27. The molecule has 1 fully saturated rings. The highest BCUT2D eigenvalue weighted by molar-refractivity contribution is 7.89. The summed E-state index contributed by atoms with van der Waals surface area (Å²) in [5.74, 6) is -0.386. The van der Waals surface area contributed by atoms with Crippen LogP contribution in [0.1, 0.15) is 60.9 Å². The molecule has 0 radical (unpaired) electrons. The lowest BCUT2D eigenvalue weighted by Crippen LogP contribution is -2.45. The van der Waals surface area contributed by atoms with E-state index in [0.29, 0.717) is 24.3 Å². The van der Waals surface area contributed by atoms with Crippen LogP contribution in [0.2, 0.25) is 0 Å². The Hall–Kier alpha value is -2.18. The molecule has 0 bridgehead atoms. The molecule has 1 amide bonds. The maximum absolute atomic E-state index is 13.0. The molecule has 0 spiro atoms. The molecule has 1 N–H and O–H groups in total. The van der Waals surface area contributed by atoms with Gasteiger partial charge in [0.1, 0.15) is 0 Å². The van der Waals surface area contributed by atoms with Gasteiger partial charge in [0.05, 0.1) is 16.9 Å². The molecule has 31 heavy (non-hydrogen) atoms. The predicted molar refractivity (Wildman–Crippen MR) is 122 cm³/mol. The number of benzene rings is 2. The van der Waals surface area contributed by atoms with Crippen molar-refractivity contribution in [3.8, 4) is 0 Å². The van der Waals surface area contributed by atoms with Crippen LogP contribution in [0.3, 0.4) is 0 Å². The second kappa shape index (κ2) is 9.13. The molecule has 166 valence electrons. The molecule has 1 aliphatic carbocycles. The van der Waals surface area contributed by atoms with Crippen molar-refractivity contribution in [2.75, 3.05) is 13.1 Å². The van der Waals surface area contributed by atoms with E-state index in [2.05, 4.69) is 23.5 Å². The zero-order chi connectivity index (χ0) is 22.0. The third-order valence-corrected chi connectivity index (χ3v) is 8.52. The van der Waals surface area contributed by atoms with Crippen molar-refractivity contribution < 1.29 is 13.2 Å². The Morgan fingerprint density at radius 2 is 1.74 bits per heavy atom. The maximum atomic E-state index is 13.0. The van der Waals surface area contributed by atoms with Crippen molar-refractivity contribution in [2.45, 2.75) is 63.3 Å². The number of nitrogens with one attached hydrogen (secondary N) is 1. The van der Waals surface area contributed by atoms with E-state index in [-0.39, 0.29) is 24.4 Å². The minimum atomic E-state index is -3.58. The molecule has 2 atom stereocenters. The van der Waals surface area contributed by atoms with E-state index in [1.165, 1.54) is 28.3 Å². The molecule has 2 aliphatic rings. The summed E-state index contributed by atoms with van der Waals surface area (Å²) >= 11 is 0. The lowest BCUT2D eigenvalue weighted by Gasteiger charge is -2.32. The second-order valence-electron chi connectivity index (χ2n) is 8.98. The summed E-state index contributed by atoms with van der Waals surface area (Å²) in [5, 5.41) is 3.13. The van der Waals surface area contributed by atoms with Crippen LogP contribution in [-0.2, 0) is 27.7 Å². The van der Waals surface area contributed by atoms with Gasteiger partial charge in [-0.25, -0.2) is 8.42 Å². The van der Waals surface area contributed by atoms with Gasteiger partial charge in [-0.2, -0.15) is 4.31 Å². The molecular formula is C25H32N2O3S. The van der Waals surface area contributed by atoms with Crippen molar-refractivity contribution in [3.05, 3.63) is 64.7 Å². The number of hydrogen-bond acceptors (Lipinski definition) is 3. The van der Waals surface area contributed by atoms with Crippen LogP contribution in [-0.4, -0.2) is 31.7 Å².